The third-order valence-corrected chi connectivity index (χ3v) is 6.53. The lowest BCUT2D eigenvalue weighted by atomic mass is 10.00. The molecule has 2 aromatic carbocycles. The number of fused-ring (bicyclic) bond motifs is 2. The summed E-state index contributed by atoms with van der Waals surface area (Å²) in [7, 11) is 5.30. The number of benzene rings is 2. The van der Waals surface area contributed by atoms with E-state index in [-0.39, 0.29) is 17.6 Å². The third kappa shape index (κ3) is 4.02. The summed E-state index contributed by atoms with van der Waals surface area (Å²) in [5.41, 5.74) is 2.96. The number of imidazole rings is 1. The highest BCUT2D eigenvalue weighted by Gasteiger charge is 2.27. The lowest BCUT2D eigenvalue weighted by molar-refractivity contribution is 0.0925. The number of carbonyl (C=O) groups excluding carboxylic acids is 1. The molecule has 5 rings (SSSR count). The molecule has 0 bridgehead atoms. The summed E-state index contributed by atoms with van der Waals surface area (Å²) in [4.78, 5) is 33.1. The summed E-state index contributed by atoms with van der Waals surface area (Å²) < 4.78 is 8.64. The van der Waals surface area contributed by atoms with Crippen molar-refractivity contribution in [2.24, 2.45) is 7.05 Å². The Morgan fingerprint density at radius 2 is 1.89 bits per heavy atom. The van der Waals surface area contributed by atoms with Gasteiger partial charge in [-0.1, -0.05) is 41.4 Å². The van der Waals surface area contributed by atoms with Crippen LogP contribution in [-0.4, -0.2) is 40.7 Å². The van der Waals surface area contributed by atoms with E-state index in [1.807, 2.05) is 43.3 Å². The predicted octanol–water partition coefficient (Wildman–Crippen LogP) is 4.35. The van der Waals surface area contributed by atoms with Gasteiger partial charge in [-0.25, -0.2) is 14.3 Å². The lowest BCUT2D eigenvalue weighted by Crippen LogP contribution is -2.33. The van der Waals surface area contributed by atoms with Crippen LogP contribution in [0.5, 0.6) is 5.75 Å². The van der Waals surface area contributed by atoms with E-state index in [1.54, 1.807) is 25.2 Å². The smallest absolute Gasteiger partial charge is 0.334 e. The normalized spacial score (nSPS) is 14.9. The molecule has 1 N–H and O–H groups in total. The third-order valence-electron chi connectivity index (χ3n) is 6.09. The van der Waals surface area contributed by atoms with Gasteiger partial charge in [0, 0.05) is 49.4 Å². The topological polar surface area (TPSA) is 81.4 Å². The molecule has 0 fully saturated rings. The standard InChI is InChI=1S/C25H23Cl2N5O3/c1-30(2)21-18(24(33)29-19-8-9-35-20-7-5-4-6-17(19)20)13-28-23-22(21)31(3)25(34)32(23)16-11-14(26)10-15(27)12-16/h4-7,10-13,19H,8-9H2,1-3H3,(H,29,33). The molecule has 8 nitrogen and oxygen atoms in total. The molecule has 35 heavy (non-hydrogen) atoms. The van der Waals surface area contributed by atoms with Crippen molar-refractivity contribution in [3.8, 4) is 11.4 Å². The number of aromatic nitrogens is 3. The van der Waals surface area contributed by atoms with Crippen LogP contribution in [0.25, 0.3) is 16.9 Å². The fourth-order valence-corrected chi connectivity index (χ4v) is 5.05. The van der Waals surface area contributed by atoms with Crippen molar-refractivity contribution in [1.29, 1.82) is 0 Å². The lowest BCUT2D eigenvalue weighted by Gasteiger charge is -2.27. The zero-order valence-electron chi connectivity index (χ0n) is 19.4. The fourth-order valence-electron chi connectivity index (χ4n) is 4.54. The number of halogens is 2. The maximum atomic E-state index is 13.5. The van der Waals surface area contributed by atoms with Crippen molar-refractivity contribution in [2.75, 3.05) is 25.6 Å². The van der Waals surface area contributed by atoms with Gasteiger partial charge in [-0.15, -0.1) is 0 Å². The number of nitrogens with one attached hydrogen (secondary N) is 1. The minimum absolute atomic E-state index is 0.194. The second-order valence-corrected chi connectivity index (χ2v) is 9.47. The Kier molecular flexibility index (Phi) is 5.94. The molecule has 0 aliphatic carbocycles. The van der Waals surface area contributed by atoms with Crippen molar-refractivity contribution >= 4 is 46.0 Å². The Labute approximate surface area is 211 Å². The monoisotopic (exact) mass is 511 g/mol. The molecule has 1 atom stereocenters. The Morgan fingerprint density at radius 1 is 1.17 bits per heavy atom. The van der Waals surface area contributed by atoms with E-state index >= 15 is 0 Å². The molecule has 3 heterocycles. The van der Waals surface area contributed by atoms with Crippen LogP contribution < -0.4 is 20.6 Å². The van der Waals surface area contributed by atoms with Crippen LogP contribution in [0, 0.1) is 0 Å². The number of hydrogen-bond acceptors (Lipinski definition) is 5. The minimum atomic E-state index is -0.329. The van der Waals surface area contributed by atoms with Gasteiger partial charge in [0.1, 0.15) is 11.3 Å². The number of ether oxygens (including phenoxy) is 1. The van der Waals surface area contributed by atoms with Crippen LogP contribution in [0.2, 0.25) is 10.0 Å². The van der Waals surface area contributed by atoms with E-state index < -0.39 is 0 Å². The number of para-hydroxylation sites is 1. The summed E-state index contributed by atoms with van der Waals surface area (Å²) in [6.07, 6.45) is 2.15. The SMILES string of the molecule is CN(C)c1c(C(=O)NC2CCOc3ccccc32)cnc2c1n(C)c(=O)n2-c1cc(Cl)cc(Cl)c1. The summed E-state index contributed by atoms with van der Waals surface area (Å²) in [6, 6.07) is 12.4. The highest BCUT2D eigenvalue weighted by Crippen LogP contribution is 2.34. The Balaban J connectivity index is 1.63. The number of anilines is 1. The molecule has 0 saturated heterocycles. The molecule has 1 amide bonds. The maximum Gasteiger partial charge on any atom is 0.334 e. The van der Waals surface area contributed by atoms with Gasteiger partial charge in [0.2, 0.25) is 0 Å². The molecular formula is C25H23Cl2N5O3. The first-order valence-corrected chi connectivity index (χ1v) is 11.8. The number of aryl methyl sites for hydroxylation is 1. The number of hydrogen-bond donors (Lipinski definition) is 1. The van der Waals surface area contributed by atoms with Gasteiger partial charge >= 0.3 is 5.69 Å². The molecule has 0 spiro atoms. The van der Waals surface area contributed by atoms with Crippen molar-refractivity contribution in [3.05, 3.63) is 80.3 Å². The van der Waals surface area contributed by atoms with Gasteiger partial charge in [-0.05, 0) is 24.3 Å². The van der Waals surface area contributed by atoms with E-state index in [9.17, 15) is 9.59 Å². The number of amides is 1. The average Bonchev–Trinajstić information content (AvgIpc) is 3.08. The van der Waals surface area contributed by atoms with E-state index in [0.29, 0.717) is 51.2 Å². The first kappa shape index (κ1) is 23.3. The van der Waals surface area contributed by atoms with E-state index in [1.165, 1.54) is 15.3 Å². The highest BCUT2D eigenvalue weighted by molar-refractivity contribution is 6.34. The zero-order chi connectivity index (χ0) is 24.9. The van der Waals surface area contributed by atoms with Gasteiger partial charge in [0.05, 0.1) is 29.6 Å². The van der Waals surface area contributed by atoms with E-state index in [0.717, 1.165) is 11.3 Å². The van der Waals surface area contributed by atoms with Crippen LogP contribution in [0.4, 0.5) is 5.69 Å². The highest BCUT2D eigenvalue weighted by atomic mass is 35.5. The first-order valence-electron chi connectivity index (χ1n) is 11.0. The number of nitrogens with zero attached hydrogens (tertiary/aromatic N) is 4. The fraction of sp³-hybridized carbons (Fsp3) is 0.240. The molecule has 0 saturated carbocycles. The van der Waals surface area contributed by atoms with Gasteiger partial charge in [0.25, 0.3) is 5.91 Å². The van der Waals surface area contributed by atoms with Crippen LogP contribution in [0.1, 0.15) is 28.4 Å². The van der Waals surface area contributed by atoms with Crippen molar-refractivity contribution in [1.82, 2.24) is 19.4 Å². The van der Waals surface area contributed by atoms with Crippen LogP contribution >= 0.6 is 23.2 Å². The average molecular weight is 512 g/mol. The number of rotatable bonds is 4. The molecule has 1 aliphatic heterocycles. The van der Waals surface area contributed by atoms with E-state index in [2.05, 4.69) is 10.3 Å². The molecule has 0 radical (unpaired) electrons. The maximum absolute atomic E-state index is 13.5. The molecule has 1 unspecified atom stereocenters. The minimum Gasteiger partial charge on any atom is -0.493 e. The van der Waals surface area contributed by atoms with Gasteiger partial charge < -0.3 is 15.0 Å². The molecule has 2 aromatic heterocycles. The Morgan fingerprint density at radius 3 is 2.60 bits per heavy atom. The molecule has 10 heteroatoms. The quantitative estimate of drug-likeness (QED) is 0.440. The van der Waals surface area contributed by atoms with Crippen LogP contribution in [0.3, 0.4) is 0 Å². The first-order chi connectivity index (χ1) is 16.8. The number of pyridine rings is 1. The second kappa shape index (κ2) is 8.94. The van der Waals surface area contributed by atoms with Crippen molar-refractivity contribution < 1.29 is 9.53 Å². The Hall–Kier alpha value is -3.49. The Bertz CT molecular complexity index is 1510. The molecule has 4 aromatic rings. The van der Waals surface area contributed by atoms with Crippen LogP contribution in [-0.2, 0) is 7.05 Å². The largest absolute Gasteiger partial charge is 0.493 e. The molecular weight excluding hydrogens is 489 g/mol. The predicted molar refractivity (Wildman–Crippen MR) is 137 cm³/mol. The number of carbonyl (C=O) groups is 1. The summed E-state index contributed by atoms with van der Waals surface area (Å²) in [5, 5.41) is 3.92. The van der Waals surface area contributed by atoms with Crippen molar-refractivity contribution in [3.63, 3.8) is 0 Å². The van der Waals surface area contributed by atoms with Gasteiger partial charge in [-0.2, -0.15) is 0 Å². The second-order valence-electron chi connectivity index (χ2n) is 8.59. The molecule has 180 valence electrons. The van der Waals surface area contributed by atoms with Gasteiger partial charge in [0.15, 0.2) is 5.65 Å². The van der Waals surface area contributed by atoms with Crippen molar-refractivity contribution in [2.45, 2.75) is 12.5 Å². The zero-order valence-corrected chi connectivity index (χ0v) is 20.9. The molecule has 1 aliphatic rings. The summed E-state index contributed by atoms with van der Waals surface area (Å²) in [5.74, 6) is 0.487. The summed E-state index contributed by atoms with van der Waals surface area (Å²) in [6.45, 7) is 0.513. The van der Waals surface area contributed by atoms with E-state index in [4.69, 9.17) is 27.9 Å². The van der Waals surface area contributed by atoms with Gasteiger partial charge in [-0.3, -0.25) is 9.36 Å². The summed E-state index contributed by atoms with van der Waals surface area (Å²) >= 11 is 12.4. The van der Waals surface area contributed by atoms with Crippen LogP contribution in [0.15, 0.2) is 53.5 Å².